The fourth-order valence-electron chi connectivity index (χ4n) is 4.19. The molecule has 2 N–H and O–H groups in total. The van der Waals surface area contributed by atoms with Gasteiger partial charge < -0.3 is 10.6 Å². The number of non-ortho nitro benzene ring substituents is 1. The Morgan fingerprint density at radius 3 is 2.54 bits per heavy atom. The number of allylic oxidation sites excluding steroid dienone is 1. The molecule has 9 heteroatoms. The molecule has 0 spiro atoms. The highest BCUT2D eigenvalue weighted by Gasteiger charge is 2.34. The van der Waals surface area contributed by atoms with Crippen molar-refractivity contribution in [1.82, 2.24) is 14.8 Å². The number of amides is 1. The number of aryl methyl sites for hydroxylation is 1. The molecule has 9 nitrogen and oxygen atoms in total. The van der Waals surface area contributed by atoms with Crippen molar-refractivity contribution in [3.63, 3.8) is 0 Å². The zero-order valence-electron chi connectivity index (χ0n) is 19.1. The topological polar surface area (TPSA) is 115 Å². The molecule has 1 aliphatic rings. The highest BCUT2D eigenvalue weighted by atomic mass is 16.6. The lowest BCUT2D eigenvalue weighted by Crippen LogP contribution is -2.31. The molecule has 3 aromatic carbocycles. The van der Waals surface area contributed by atoms with Crippen LogP contribution >= 0.6 is 0 Å². The van der Waals surface area contributed by atoms with E-state index in [2.05, 4.69) is 20.7 Å². The predicted molar refractivity (Wildman–Crippen MR) is 133 cm³/mol. The largest absolute Gasteiger partial charge is 0.328 e. The van der Waals surface area contributed by atoms with Crippen LogP contribution in [0.3, 0.4) is 0 Å². The number of nitrogens with one attached hydrogen (secondary N) is 2. The van der Waals surface area contributed by atoms with Gasteiger partial charge in [0.2, 0.25) is 5.95 Å². The van der Waals surface area contributed by atoms with E-state index in [1.165, 1.54) is 12.1 Å². The molecule has 0 saturated heterocycles. The van der Waals surface area contributed by atoms with Gasteiger partial charge in [-0.2, -0.15) is 4.98 Å². The second-order valence-electron chi connectivity index (χ2n) is 8.31. The number of anilines is 2. The monoisotopic (exact) mass is 466 g/mol. The molecule has 0 bridgehead atoms. The van der Waals surface area contributed by atoms with Crippen molar-refractivity contribution in [2.45, 2.75) is 19.9 Å². The van der Waals surface area contributed by atoms with E-state index in [1.807, 2.05) is 68.4 Å². The summed E-state index contributed by atoms with van der Waals surface area (Å²) in [7, 11) is 0. The number of para-hydroxylation sites is 1. The van der Waals surface area contributed by atoms with Crippen LogP contribution in [0.15, 0.2) is 90.1 Å². The third kappa shape index (κ3) is 4.26. The molecule has 2 heterocycles. The molecule has 0 radical (unpaired) electrons. The van der Waals surface area contributed by atoms with Crippen LogP contribution in [-0.2, 0) is 4.79 Å². The number of nitrogens with zero attached hydrogens (tertiary/aromatic N) is 4. The molecule has 174 valence electrons. The number of hydrogen-bond donors (Lipinski definition) is 2. The van der Waals surface area contributed by atoms with E-state index in [9.17, 15) is 14.9 Å². The number of aromatic nitrogens is 3. The maximum atomic E-state index is 13.5. The zero-order valence-corrected chi connectivity index (χ0v) is 19.1. The van der Waals surface area contributed by atoms with E-state index in [4.69, 9.17) is 0 Å². The van der Waals surface area contributed by atoms with Crippen LogP contribution in [0.1, 0.15) is 24.1 Å². The Morgan fingerprint density at radius 1 is 1.03 bits per heavy atom. The van der Waals surface area contributed by atoms with Crippen LogP contribution in [-0.4, -0.2) is 25.6 Å². The Balaban J connectivity index is 1.61. The third-order valence-electron chi connectivity index (χ3n) is 5.80. The van der Waals surface area contributed by atoms with Crippen LogP contribution in [0.5, 0.6) is 0 Å². The molecule has 1 unspecified atom stereocenters. The van der Waals surface area contributed by atoms with Gasteiger partial charge in [-0.1, -0.05) is 60.2 Å². The van der Waals surface area contributed by atoms with Crippen LogP contribution in [0, 0.1) is 17.0 Å². The van der Waals surface area contributed by atoms with Crippen LogP contribution < -0.4 is 10.6 Å². The van der Waals surface area contributed by atoms with Crippen molar-refractivity contribution in [3.05, 3.63) is 111 Å². The van der Waals surface area contributed by atoms with Crippen molar-refractivity contribution in [3.8, 4) is 11.4 Å². The highest BCUT2D eigenvalue weighted by Crippen LogP contribution is 2.37. The van der Waals surface area contributed by atoms with Crippen LogP contribution in [0.2, 0.25) is 0 Å². The first kappa shape index (κ1) is 22.0. The number of hydrogen-bond acceptors (Lipinski definition) is 6. The van der Waals surface area contributed by atoms with Gasteiger partial charge in [-0.25, -0.2) is 4.68 Å². The van der Waals surface area contributed by atoms with Crippen molar-refractivity contribution >= 4 is 23.2 Å². The average Bonchev–Trinajstić information content (AvgIpc) is 3.27. The number of nitro benzene ring substituents is 1. The zero-order chi connectivity index (χ0) is 24.5. The summed E-state index contributed by atoms with van der Waals surface area (Å²) in [6, 6.07) is 22.8. The predicted octanol–water partition coefficient (Wildman–Crippen LogP) is 5.09. The van der Waals surface area contributed by atoms with Crippen molar-refractivity contribution < 1.29 is 9.72 Å². The first-order chi connectivity index (χ1) is 16.9. The Hall–Kier alpha value is -4.79. The molecular weight excluding hydrogens is 444 g/mol. The Morgan fingerprint density at radius 2 is 1.80 bits per heavy atom. The fraction of sp³-hybridized carbons (Fsp3) is 0.115. The Bertz CT molecular complexity index is 1480. The smallest absolute Gasteiger partial charge is 0.270 e. The summed E-state index contributed by atoms with van der Waals surface area (Å²) in [6.45, 7) is 3.82. The van der Waals surface area contributed by atoms with E-state index in [-0.39, 0.29) is 11.6 Å². The fourth-order valence-corrected chi connectivity index (χ4v) is 4.19. The Labute approximate surface area is 201 Å². The van der Waals surface area contributed by atoms with E-state index in [0.29, 0.717) is 34.3 Å². The minimum atomic E-state index is -0.546. The summed E-state index contributed by atoms with van der Waals surface area (Å²) >= 11 is 0. The molecule has 5 rings (SSSR count). The first-order valence-electron chi connectivity index (χ1n) is 11.0. The third-order valence-corrected chi connectivity index (χ3v) is 5.80. The van der Waals surface area contributed by atoms with Gasteiger partial charge in [0, 0.05) is 29.1 Å². The molecule has 1 aliphatic heterocycles. The van der Waals surface area contributed by atoms with Crippen LogP contribution in [0.25, 0.3) is 11.4 Å². The Kier molecular flexibility index (Phi) is 5.58. The number of carbonyl (C=O) groups is 1. The van der Waals surface area contributed by atoms with Gasteiger partial charge in [0.15, 0.2) is 5.82 Å². The summed E-state index contributed by atoms with van der Waals surface area (Å²) in [6.07, 6.45) is 0. The quantitative estimate of drug-likeness (QED) is 0.313. The average molecular weight is 467 g/mol. The molecular formula is C26H22N6O3. The summed E-state index contributed by atoms with van der Waals surface area (Å²) in [5.74, 6) is 0.517. The van der Waals surface area contributed by atoms with Gasteiger partial charge in [-0.05, 0) is 31.5 Å². The van der Waals surface area contributed by atoms with Crippen LogP contribution in [0.4, 0.5) is 17.3 Å². The standard InChI is InChI=1S/C26H22N6O3/c1-16-8-6-9-18(14-16)23-22(25(33)28-20-11-4-3-5-12-20)17(2)27-26-29-24(30-31(23)26)19-10-7-13-21(15-19)32(34)35/h3-15,23H,1-2H3,(H,28,33)(H,27,29,30). The second-order valence-corrected chi connectivity index (χ2v) is 8.31. The summed E-state index contributed by atoms with van der Waals surface area (Å²) in [4.78, 5) is 28.9. The molecule has 0 saturated carbocycles. The van der Waals surface area contributed by atoms with E-state index in [0.717, 1.165) is 11.1 Å². The van der Waals surface area contributed by atoms with Gasteiger partial charge in [-0.3, -0.25) is 14.9 Å². The maximum Gasteiger partial charge on any atom is 0.270 e. The lowest BCUT2D eigenvalue weighted by molar-refractivity contribution is -0.384. The van der Waals surface area contributed by atoms with Crippen molar-refractivity contribution in [2.75, 3.05) is 10.6 Å². The lowest BCUT2D eigenvalue weighted by Gasteiger charge is -2.29. The maximum absolute atomic E-state index is 13.5. The van der Waals surface area contributed by atoms with Crippen molar-refractivity contribution in [1.29, 1.82) is 0 Å². The van der Waals surface area contributed by atoms with Gasteiger partial charge >= 0.3 is 0 Å². The number of benzene rings is 3. The molecule has 0 fully saturated rings. The second kappa shape index (κ2) is 8.86. The molecule has 35 heavy (non-hydrogen) atoms. The lowest BCUT2D eigenvalue weighted by atomic mass is 9.94. The van der Waals surface area contributed by atoms with Gasteiger partial charge in [-0.15, -0.1) is 5.10 Å². The van der Waals surface area contributed by atoms with Gasteiger partial charge in [0.1, 0.15) is 6.04 Å². The molecule has 1 atom stereocenters. The number of rotatable bonds is 5. The molecule has 0 aliphatic carbocycles. The van der Waals surface area contributed by atoms with Gasteiger partial charge in [0.25, 0.3) is 11.6 Å². The SMILES string of the molecule is CC1=C(C(=O)Nc2ccccc2)C(c2cccc(C)c2)n2nc(-c3cccc([N+](=O)[O-])c3)nc2N1. The number of nitro groups is 1. The van der Waals surface area contributed by atoms with E-state index >= 15 is 0 Å². The van der Waals surface area contributed by atoms with E-state index < -0.39 is 11.0 Å². The van der Waals surface area contributed by atoms with Crippen molar-refractivity contribution in [2.24, 2.45) is 0 Å². The van der Waals surface area contributed by atoms with Gasteiger partial charge in [0.05, 0.1) is 10.5 Å². The highest BCUT2D eigenvalue weighted by molar-refractivity contribution is 6.06. The number of carbonyl (C=O) groups excluding carboxylic acids is 1. The first-order valence-corrected chi connectivity index (χ1v) is 11.0. The normalized spacial score (nSPS) is 14.7. The minimum absolute atomic E-state index is 0.0456. The number of fused-ring (bicyclic) bond motifs is 1. The summed E-state index contributed by atoms with van der Waals surface area (Å²) in [5, 5.41) is 22.1. The molecule has 4 aromatic rings. The summed E-state index contributed by atoms with van der Waals surface area (Å²) < 4.78 is 1.66. The molecule has 1 aromatic heterocycles. The van der Waals surface area contributed by atoms with E-state index in [1.54, 1.807) is 16.8 Å². The minimum Gasteiger partial charge on any atom is -0.328 e. The molecule has 1 amide bonds. The summed E-state index contributed by atoms with van der Waals surface area (Å²) in [5.41, 5.74) is 4.22.